The number of esters is 2. The third kappa shape index (κ3) is 2.59. The lowest BCUT2D eigenvalue weighted by molar-refractivity contribution is -0.144. The van der Waals surface area contributed by atoms with Crippen molar-refractivity contribution in [3.8, 4) is 0 Å². The monoisotopic (exact) mass is 342 g/mol. The lowest BCUT2D eigenvalue weighted by Gasteiger charge is -2.42. The van der Waals surface area contributed by atoms with E-state index in [1.165, 1.54) is 14.2 Å². The van der Waals surface area contributed by atoms with Gasteiger partial charge in [-0.2, -0.15) is 0 Å². The normalized spacial score (nSPS) is 29.8. The first-order valence-electron chi connectivity index (χ1n) is 7.74. The molecule has 5 heteroatoms. The first kappa shape index (κ1) is 16.6. The van der Waals surface area contributed by atoms with E-state index in [1.54, 1.807) is 0 Å². The van der Waals surface area contributed by atoms with Crippen molar-refractivity contribution in [2.45, 2.75) is 0 Å². The molecule has 124 valence electrons. The van der Waals surface area contributed by atoms with Gasteiger partial charge < -0.3 is 9.47 Å². The summed E-state index contributed by atoms with van der Waals surface area (Å²) in [5.41, 5.74) is 0.700. The molecule has 0 heterocycles. The van der Waals surface area contributed by atoms with Gasteiger partial charge in [0.05, 0.1) is 14.2 Å². The SMILES string of the molecule is COC(=O)C(C(=O)OC)=C1C2C=CC=CC2C(=S)C2C=CC=CC12. The van der Waals surface area contributed by atoms with Crippen molar-refractivity contribution in [1.29, 1.82) is 0 Å². The highest BCUT2D eigenvalue weighted by Gasteiger charge is 2.45. The zero-order valence-corrected chi connectivity index (χ0v) is 14.3. The van der Waals surface area contributed by atoms with Crippen LogP contribution in [0, 0.1) is 23.7 Å². The number of ether oxygens (including phenoxy) is 2. The van der Waals surface area contributed by atoms with Crippen LogP contribution in [-0.4, -0.2) is 31.0 Å². The van der Waals surface area contributed by atoms with Crippen molar-refractivity contribution >= 4 is 29.0 Å². The second-order valence-electron chi connectivity index (χ2n) is 5.86. The lowest BCUT2D eigenvalue weighted by atomic mass is 9.61. The van der Waals surface area contributed by atoms with Crippen molar-refractivity contribution < 1.29 is 19.1 Å². The highest BCUT2D eigenvalue weighted by Crippen LogP contribution is 2.47. The Kier molecular flexibility index (Phi) is 4.62. The molecule has 0 aromatic heterocycles. The number of methoxy groups -OCH3 is 2. The molecule has 1 fully saturated rings. The van der Waals surface area contributed by atoms with E-state index in [0.29, 0.717) is 0 Å². The van der Waals surface area contributed by atoms with E-state index in [9.17, 15) is 9.59 Å². The summed E-state index contributed by atoms with van der Waals surface area (Å²) in [6, 6.07) is 0. The second kappa shape index (κ2) is 6.69. The number of carbonyl (C=O) groups excluding carboxylic acids is 2. The third-order valence-corrected chi connectivity index (χ3v) is 5.26. The maximum Gasteiger partial charge on any atom is 0.345 e. The molecule has 3 rings (SSSR count). The molecule has 4 unspecified atom stereocenters. The van der Waals surface area contributed by atoms with Crippen LogP contribution >= 0.6 is 12.2 Å². The zero-order valence-electron chi connectivity index (χ0n) is 13.5. The van der Waals surface area contributed by atoms with Crippen LogP contribution in [0.1, 0.15) is 0 Å². The van der Waals surface area contributed by atoms with Crippen LogP contribution in [-0.2, 0) is 19.1 Å². The molecule has 4 nitrogen and oxygen atoms in total. The molecule has 3 aliphatic carbocycles. The van der Waals surface area contributed by atoms with Gasteiger partial charge in [0, 0.05) is 28.5 Å². The smallest absolute Gasteiger partial charge is 0.345 e. The molecular weight excluding hydrogens is 324 g/mol. The molecule has 3 aliphatic rings. The van der Waals surface area contributed by atoms with Crippen LogP contribution in [0.5, 0.6) is 0 Å². The van der Waals surface area contributed by atoms with E-state index >= 15 is 0 Å². The van der Waals surface area contributed by atoms with Crippen molar-refractivity contribution in [2.24, 2.45) is 23.7 Å². The Morgan fingerprint density at radius 1 is 0.792 bits per heavy atom. The Hall–Kier alpha value is -2.27. The van der Waals surface area contributed by atoms with Crippen LogP contribution in [0.25, 0.3) is 0 Å². The first-order chi connectivity index (χ1) is 11.6. The summed E-state index contributed by atoms with van der Waals surface area (Å²) in [5, 5.41) is 0. The summed E-state index contributed by atoms with van der Waals surface area (Å²) in [6.45, 7) is 0. The van der Waals surface area contributed by atoms with Crippen LogP contribution in [0.3, 0.4) is 0 Å². The Labute approximate surface area is 146 Å². The van der Waals surface area contributed by atoms with E-state index in [2.05, 4.69) is 0 Å². The zero-order chi connectivity index (χ0) is 17.3. The summed E-state index contributed by atoms with van der Waals surface area (Å²) in [7, 11) is 2.53. The summed E-state index contributed by atoms with van der Waals surface area (Å²) in [4.78, 5) is 25.6. The molecule has 0 aromatic carbocycles. The maximum atomic E-state index is 12.3. The van der Waals surface area contributed by atoms with E-state index in [4.69, 9.17) is 21.7 Å². The van der Waals surface area contributed by atoms with Gasteiger partial charge in [0.15, 0.2) is 0 Å². The quantitative estimate of drug-likeness (QED) is 0.254. The van der Waals surface area contributed by atoms with Gasteiger partial charge >= 0.3 is 11.9 Å². The molecule has 0 radical (unpaired) electrons. The van der Waals surface area contributed by atoms with Gasteiger partial charge in [-0.05, 0) is 5.57 Å². The first-order valence-corrected chi connectivity index (χ1v) is 8.15. The fourth-order valence-electron chi connectivity index (χ4n) is 3.65. The van der Waals surface area contributed by atoms with Crippen LogP contribution in [0.4, 0.5) is 0 Å². The maximum absolute atomic E-state index is 12.3. The standard InChI is InChI=1S/C19H18O4S/c1-22-18(20)16(19(21)23-2)15-11-7-3-5-9-13(11)17(24)14-10-6-4-8-12(14)15/h3-14H,1-2H3. The topological polar surface area (TPSA) is 52.6 Å². The number of carbonyl (C=O) groups is 2. The summed E-state index contributed by atoms with van der Waals surface area (Å²) in [6.07, 6.45) is 15.8. The molecule has 0 spiro atoms. The lowest BCUT2D eigenvalue weighted by Crippen LogP contribution is -2.42. The third-order valence-electron chi connectivity index (χ3n) is 4.71. The van der Waals surface area contributed by atoms with Crippen molar-refractivity contribution in [1.82, 2.24) is 0 Å². The highest BCUT2D eigenvalue weighted by molar-refractivity contribution is 7.80. The minimum Gasteiger partial charge on any atom is -0.465 e. The van der Waals surface area contributed by atoms with Crippen LogP contribution < -0.4 is 0 Å². The Morgan fingerprint density at radius 2 is 1.17 bits per heavy atom. The van der Waals surface area contributed by atoms with Gasteiger partial charge in [-0.25, -0.2) is 9.59 Å². The molecular formula is C19H18O4S. The van der Waals surface area contributed by atoms with Gasteiger partial charge in [-0.15, -0.1) is 0 Å². The van der Waals surface area contributed by atoms with E-state index in [1.807, 2.05) is 48.6 Å². The van der Waals surface area contributed by atoms with Gasteiger partial charge in [0.1, 0.15) is 5.57 Å². The highest BCUT2D eigenvalue weighted by atomic mass is 32.1. The molecule has 0 bridgehead atoms. The van der Waals surface area contributed by atoms with E-state index in [0.717, 1.165) is 10.4 Å². The fraction of sp³-hybridized carbons (Fsp3) is 0.316. The molecule has 0 amide bonds. The number of hydrogen-bond acceptors (Lipinski definition) is 5. The Balaban J connectivity index is 2.24. The summed E-state index contributed by atoms with van der Waals surface area (Å²) < 4.78 is 9.72. The predicted molar refractivity (Wildman–Crippen MR) is 94.2 cm³/mol. The molecule has 0 aromatic rings. The number of rotatable bonds is 2. The average molecular weight is 342 g/mol. The molecule has 0 N–H and O–H groups in total. The van der Waals surface area contributed by atoms with Crippen molar-refractivity contribution in [3.05, 3.63) is 59.8 Å². The van der Waals surface area contributed by atoms with Crippen molar-refractivity contribution in [2.75, 3.05) is 14.2 Å². The van der Waals surface area contributed by atoms with Crippen molar-refractivity contribution in [3.63, 3.8) is 0 Å². The average Bonchev–Trinajstić information content (AvgIpc) is 2.64. The minimum atomic E-state index is -0.673. The molecule has 1 saturated carbocycles. The number of thiocarbonyl (C=S) groups is 1. The van der Waals surface area contributed by atoms with Gasteiger partial charge in [0.2, 0.25) is 0 Å². The second-order valence-corrected chi connectivity index (χ2v) is 6.33. The van der Waals surface area contributed by atoms with E-state index in [-0.39, 0.29) is 29.2 Å². The Morgan fingerprint density at radius 3 is 1.54 bits per heavy atom. The number of hydrogen-bond donors (Lipinski definition) is 0. The molecule has 0 aliphatic heterocycles. The summed E-state index contributed by atoms with van der Waals surface area (Å²) >= 11 is 5.70. The van der Waals surface area contributed by atoms with Gasteiger partial charge in [0.25, 0.3) is 0 Å². The molecule has 4 atom stereocenters. The number of fused-ring (bicyclic) bond motifs is 2. The largest absolute Gasteiger partial charge is 0.465 e. The summed E-state index contributed by atoms with van der Waals surface area (Å²) in [5.74, 6) is -1.69. The van der Waals surface area contributed by atoms with Gasteiger partial charge in [-0.3, -0.25) is 0 Å². The van der Waals surface area contributed by atoms with Crippen LogP contribution in [0.2, 0.25) is 0 Å². The predicted octanol–water partition coefficient (Wildman–Crippen LogP) is 2.73. The minimum absolute atomic E-state index is 0.0209. The number of allylic oxidation sites excluding steroid dienone is 9. The fourth-order valence-corrected chi connectivity index (χ4v) is 4.10. The van der Waals surface area contributed by atoms with Crippen LogP contribution in [0.15, 0.2) is 59.8 Å². The Bertz CT molecular complexity index is 680. The van der Waals surface area contributed by atoms with Gasteiger partial charge in [-0.1, -0.05) is 60.8 Å². The molecule has 0 saturated heterocycles. The van der Waals surface area contributed by atoms with E-state index < -0.39 is 11.9 Å². The molecule has 24 heavy (non-hydrogen) atoms.